The molecule has 4 rings (SSSR count). The van der Waals surface area contributed by atoms with Gasteiger partial charge in [0.1, 0.15) is 0 Å². The third-order valence-electron chi connectivity index (χ3n) is 5.53. The van der Waals surface area contributed by atoms with Crippen LogP contribution in [0.15, 0.2) is 89.9 Å². The minimum atomic E-state index is -0.260. The first-order valence-electron chi connectivity index (χ1n) is 11.7. The molecule has 0 radical (unpaired) electrons. The molecule has 0 fully saturated rings. The van der Waals surface area contributed by atoms with E-state index in [1.54, 1.807) is 0 Å². The number of guanidine groups is 1. The topological polar surface area (TPSA) is 145 Å². The first kappa shape index (κ1) is 24.6. The summed E-state index contributed by atoms with van der Waals surface area (Å²) < 4.78 is 0. The van der Waals surface area contributed by atoms with Gasteiger partial charge in [0.25, 0.3) is 0 Å². The van der Waals surface area contributed by atoms with Crippen LogP contribution in [0.2, 0.25) is 0 Å². The lowest BCUT2D eigenvalue weighted by Crippen LogP contribution is -2.21. The van der Waals surface area contributed by atoms with Crippen molar-refractivity contribution in [1.82, 2.24) is 9.97 Å². The molecule has 1 aromatic heterocycles. The second-order valence-electron chi connectivity index (χ2n) is 8.32. The second-order valence-corrected chi connectivity index (χ2v) is 8.32. The van der Waals surface area contributed by atoms with Crippen LogP contribution in [0.25, 0.3) is 22.6 Å². The highest BCUT2D eigenvalue weighted by molar-refractivity contribution is 5.92. The molecule has 0 saturated heterocycles. The van der Waals surface area contributed by atoms with E-state index in [-0.39, 0.29) is 18.4 Å². The van der Waals surface area contributed by atoms with Crippen molar-refractivity contribution in [1.29, 1.82) is 0 Å². The van der Waals surface area contributed by atoms with E-state index < -0.39 is 0 Å². The maximum Gasteiger partial charge on any atom is 0.238 e. The quantitative estimate of drug-likeness (QED) is 0.212. The van der Waals surface area contributed by atoms with Gasteiger partial charge in [-0.05, 0) is 55.2 Å². The molecule has 36 heavy (non-hydrogen) atoms. The van der Waals surface area contributed by atoms with Crippen LogP contribution < -0.4 is 22.5 Å². The zero-order valence-electron chi connectivity index (χ0n) is 19.9. The zero-order chi connectivity index (χ0) is 25.3. The Balaban J connectivity index is 1.66. The Morgan fingerprint density at radius 1 is 0.833 bits per heavy atom. The average molecular weight is 480 g/mol. The summed E-state index contributed by atoms with van der Waals surface area (Å²) in [5, 5.41) is 2.78. The number of aromatic nitrogens is 2. The molecular weight excluding hydrogens is 450 g/mol. The van der Waals surface area contributed by atoms with Crippen LogP contribution in [-0.2, 0) is 17.6 Å². The number of nitrogens with zero attached hydrogens (tertiary/aromatic N) is 3. The number of benzene rings is 3. The fourth-order valence-corrected chi connectivity index (χ4v) is 3.82. The van der Waals surface area contributed by atoms with Gasteiger partial charge in [-0.15, -0.1) is 0 Å². The number of nitrogens with one attached hydrogen (secondary N) is 1. The molecule has 8 heteroatoms. The van der Waals surface area contributed by atoms with Gasteiger partial charge >= 0.3 is 0 Å². The summed E-state index contributed by atoms with van der Waals surface area (Å²) in [6.07, 6.45) is 2.71. The Morgan fingerprint density at radius 2 is 1.61 bits per heavy atom. The minimum Gasteiger partial charge on any atom is -0.370 e. The molecule has 8 nitrogen and oxygen atoms in total. The van der Waals surface area contributed by atoms with Gasteiger partial charge in [0.15, 0.2) is 11.8 Å². The Labute approximate surface area is 210 Å². The predicted molar refractivity (Wildman–Crippen MR) is 145 cm³/mol. The lowest BCUT2D eigenvalue weighted by Gasteiger charge is -2.11. The van der Waals surface area contributed by atoms with Crippen molar-refractivity contribution in [2.24, 2.45) is 22.2 Å². The van der Waals surface area contributed by atoms with E-state index in [0.29, 0.717) is 17.2 Å². The number of carbonyl (C=O) groups is 1. The maximum absolute atomic E-state index is 11.8. The molecule has 182 valence electrons. The molecule has 4 aromatic rings. The average Bonchev–Trinajstić information content (AvgIpc) is 2.89. The fourth-order valence-electron chi connectivity index (χ4n) is 3.82. The summed E-state index contributed by atoms with van der Waals surface area (Å²) in [6, 6.07) is 27.4. The number of amides is 1. The van der Waals surface area contributed by atoms with E-state index in [9.17, 15) is 4.79 Å². The molecule has 0 aliphatic heterocycles. The van der Waals surface area contributed by atoms with E-state index in [4.69, 9.17) is 27.2 Å². The van der Waals surface area contributed by atoms with Gasteiger partial charge in [0, 0.05) is 22.5 Å². The van der Waals surface area contributed by atoms with Crippen molar-refractivity contribution in [3.05, 3.63) is 96.2 Å². The fraction of sp³-hybridized carbons (Fsp3) is 0.143. The van der Waals surface area contributed by atoms with Crippen molar-refractivity contribution in [2.45, 2.75) is 19.3 Å². The number of anilines is 1. The highest BCUT2D eigenvalue weighted by Crippen LogP contribution is 2.26. The summed E-state index contributed by atoms with van der Waals surface area (Å²) >= 11 is 0. The van der Waals surface area contributed by atoms with E-state index in [0.717, 1.165) is 41.8 Å². The van der Waals surface area contributed by atoms with Crippen LogP contribution in [-0.4, -0.2) is 28.4 Å². The van der Waals surface area contributed by atoms with Crippen molar-refractivity contribution in [2.75, 3.05) is 11.9 Å². The van der Waals surface area contributed by atoms with E-state index in [1.807, 2.05) is 60.7 Å². The molecule has 0 aliphatic carbocycles. The Morgan fingerprint density at radius 3 is 2.33 bits per heavy atom. The zero-order valence-corrected chi connectivity index (χ0v) is 19.9. The molecule has 0 saturated carbocycles. The van der Waals surface area contributed by atoms with Crippen molar-refractivity contribution in [3.8, 4) is 22.6 Å². The highest BCUT2D eigenvalue weighted by atomic mass is 16.1. The molecule has 3 aromatic carbocycles. The van der Waals surface area contributed by atoms with Crippen molar-refractivity contribution >= 4 is 23.2 Å². The number of carbonyl (C=O) groups excluding carboxylic acids is 1. The number of hydrogen-bond donors (Lipinski definition) is 4. The molecule has 1 amide bonds. The van der Waals surface area contributed by atoms with Gasteiger partial charge in [-0.3, -0.25) is 4.79 Å². The van der Waals surface area contributed by atoms with Crippen molar-refractivity contribution in [3.63, 3.8) is 0 Å². The summed E-state index contributed by atoms with van der Waals surface area (Å²) in [4.78, 5) is 25.5. The first-order chi connectivity index (χ1) is 17.5. The number of nitrogens with two attached hydrogens (primary N) is 3. The lowest BCUT2D eigenvalue weighted by molar-refractivity contribution is -0.114. The number of rotatable bonds is 9. The molecule has 7 N–H and O–H groups in total. The predicted octanol–water partition coefficient (Wildman–Crippen LogP) is 3.79. The second kappa shape index (κ2) is 11.7. The molecular formula is C28H29N7O. The van der Waals surface area contributed by atoms with Gasteiger partial charge in [-0.2, -0.15) is 0 Å². The summed E-state index contributed by atoms with van der Waals surface area (Å²) in [5.41, 5.74) is 22.5. The SMILES string of the molecule is NCC(=O)Nc1cccc(-c2nc(CCCc3ccccc3)cc(-c3ccc(N=C(N)N)cc3)n2)c1. The summed E-state index contributed by atoms with van der Waals surface area (Å²) in [5.74, 6) is 0.332. The van der Waals surface area contributed by atoms with Gasteiger partial charge < -0.3 is 22.5 Å². The van der Waals surface area contributed by atoms with Crippen LogP contribution in [0.3, 0.4) is 0 Å². The Hall–Kier alpha value is -4.56. The Bertz CT molecular complexity index is 1350. The van der Waals surface area contributed by atoms with Crippen LogP contribution in [0.1, 0.15) is 17.7 Å². The van der Waals surface area contributed by atoms with Crippen molar-refractivity contribution < 1.29 is 4.79 Å². The van der Waals surface area contributed by atoms with Gasteiger partial charge in [-0.25, -0.2) is 15.0 Å². The molecule has 1 heterocycles. The molecule has 0 spiro atoms. The third-order valence-corrected chi connectivity index (χ3v) is 5.53. The smallest absolute Gasteiger partial charge is 0.238 e. The van der Waals surface area contributed by atoms with Gasteiger partial charge in [0.05, 0.1) is 17.9 Å². The third kappa shape index (κ3) is 6.74. The molecule has 0 bridgehead atoms. The molecule has 0 atom stereocenters. The summed E-state index contributed by atoms with van der Waals surface area (Å²) in [7, 11) is 0. The van der Waals surface area contributed by atoms with E-state index in [2.05, 4.69) is 34.6 Å². The van der Waals surface area contributed by atoms with E-state index >= 15 is 0 Å². The standard InChI is InChI=1S/C28H29N7O/c29-18-26(36)32-23-11-5-9-21(16-23)27-33-24(10-4-8-19-6-2-1-3-7-19)17-25(35-27)20-12-14-22(15-13-20)34-28(30)31/h1-3,5-7,9,11-17H,4,8,10,18,29H2,(H,32,36)(H4,30,31,34). The maximum atomic E-state index is 11.8. The first-order valence-corrected chi connectivity index (χ1v) is 11.7. The highest BCUT2D eigenvalue weighted by Gasteiger charge is 2.11. The minimum absolute atomic E-state index is 0.00869. The Kier molecular flexibility index (Phi) is 8.00. The number of aryl methyl sites for hydroxylation is 2. The number of hydrogen-bond acceptors (Lipinski definition) is 5. The van der Waals surface area contributed by atoms with Crippen LogP contribution in [0, 0.1) is 0 Å². The largest absolute Gasteiger partial charge is 0.370 e. The van der Waals surface area contributed by atoms with E-state index in [1.165, 1.54) is 5.56 Å². The number of aliphatic imine (C=N–C) groups is 1. The van der Waals surface area contributed by atoms with Crippen LogP contribution in [0.5, 0.6) is 0 Å². The van der Waals surface area contributed by atoms with Crippen LogP contribution >= 0.6 is 0 Å². The van der Waals surface area contributed by atoms with Crippen LogP contribution in [0.4, 0.5) is 11.4 Å². The molecule has 0 aliphatic rings. The van der Waals surface area contributed by atoms with Gasteiger partial charge in [0.2, 0.25) is 5.91 Å². The lowest BCUT2D eigenvalue weighted by atomic mass is 10.0. The monoisotopic (exact) mass is 479 g/mol. The van der Waals surface area contributed by atoms with Gasteiger partial charge in [-0.1, -0.05) is 54.6 Å². The normalized spacial score (nSPS) is 10.6. The molecule has 0 unspecified atom stereocenters. The summed E-state index contributed by atoms with van der Waals surface area (Å²) in [6.45, 7) is -0.0857.